The van der Waals surface area contributed by atoms with Crippen LogP contribution in [0.25, 0.3) is 10.9 Å². The van der Waals surface area contributed by atoms with Crippen LogP contribution in [0.2, 0.25) is 0 Å². The summed E-state index contributed by atoms with van der Waals surface area (Å²) in [6.07, 6.45) is 1.83. The Balaban J connectivity index is 2.16. The number of nitrogens with zero attached hydrogens (tertiary/aromatic N) is 1. The van der Waals surface area contributed by atoms with Crippen molar-refractivity contribution in [3.63, 3.8) is 0 Å². The molecule has 0 saturated heterocycles. The summed E-state index contributed by atoms with van der Waals surface area (Å²) in [5.41, 5.74) is 7.71. The first-order chi connectivity index (χ1) is 9.52. The van der Waals surface area contributed by atoms with Crippen LogP contribution in [0.3, 0.4) is 0 Å². The van der Waals surface area contributed by atoms with Crippen molar-refractivity contribution in [1.82, 2.24) is 9.88 Å². The standard InChI is InChI=1S/C14H17N3O3/c1-17(6-5-13(18)20-2)14(19)11-8-16-12-7-9(15)3-4-10(11)12/h3-4,7-8,16H,5-6,15H2,1-2H3. The van der Waals surface area contributed by atoms with Crippen LogP contribution in [0.5, 0.6) is 0 Å². The molecule has 0 fully saturated rings. The molecule has 6 heteroatoms. The van der Waals surface area contributed by atoms with Crippen molar-refractivity contribution in [2.45, 2.75) is 6.42 Å². The highest BCUT2D eigenvalue weighted by Gasteiger charge is 2.17. The van der Waals surface area contributed by atoms with Crippen molar-refractivity contribution in [1.29, 1.82) is 0 Å². The lowest BCUT2D eigenvalue weighted by atomic mass is 10.1. The minimum Gasteiger partial charge on any atom is -0.469 e. The Morgan fingerprint density at radius 2 is 2.15 bits per heavy atom. The number of esters is 1. The van der Waals surface area contributed by atoms with Gasteiger partial charge in [0.25, 0.3) is 5.91 Å². The largest absolute Gasteiger partial charge is 0.469 e. The monoisotopic (exact) mass is 275 g/mol. The number of benzene rings is 1. The van der Waals surface area contributed by atoms with E-state index in [4.69, 9.17) is 5.73 Å². The molecule has 0 aliphatic carbocycles. The van der Waals surface area contributed by atoms with Crippen LogP contribution in [0.15, 0.2) is 24.4 Å². The first-order valence-electron chi connectivity index (χ1n) is 6.22. The Morgan fingerprint density at radius 3 is 2.85 bits per heavy atom. The van der Waals surface area contributed by atoms with Crippen molar-refractivity contribution in [3.8, 4) is 0 Å². The Morgan fingerprint density at radius 1 is 1.40 bits per heavy atom. The van der Waals surface area contributed by atoms with Gasteiger partial charge in [-0.1, -0.05) is 0 Å². The van der Waals surface area contributed by atoms with Crippen molar-refractivity contribution in [2.24, 2.45) is 0 Å². The van der Waals surface area contributed by atoms with E-state index in [9.17, 15) is 9.59 Å². The Bertz CT molecular complexity index is 648. The normalized spacial score (nSPS) is 10.5. The summed E-state index contributed by atoms with van der Waals surface area (Å²) in [6.45, 7) is 0.313. The molecule has 0 radical (unpaired) electrons. The van der Waals surface area contributed by atoms with Crippen LogP contribution in [0.4, 0.5) is 5.69 Å². The van der Waals surface area contributed by atoms with E-state index in [-0.39, 0.29) is 18.3 Å². The van der Waals surface area contributed by atoms with Gasteiger partial charge in [0.05, 0.1) is 19.1 Å². The summed E-state index contributed by atoms with van der Waals surface area (Å²) in [4.78, 5) is 27.9. The molecule has 1 aromatic carbocycles. The maximum Gasteiger partial charge on any atom is 0.307 e. The summed E-state index contributed by atoms with van der Waals surface area (Å²) in [7, 11) is 2.98. The zero-order chi connectivity index (χ0) is 14.7. The molecule has 106 valence electrons. The fourth-order valence-electron chi connectivity index (χ4n) is 1.99. The number of carbonyl (C=O) groups excluding carboxylic acids is 2. The van der Waals surface area contributed by atoms with Gasteiger partial charge in [0.1, 0.15) is 0 Å². The first kappa shape index (κ1) is 13.9. The molecule has 0 aliphatic heterocycles. The van der Waals surface area contributed by atoms with Gasteiger partial charge in [-0.25, -0.2) is 0 Å². The first-order valence-corrected chi connectivity index (χ1v) is 6.22. The molecule has 0 aliphatic rings. The number of nitrogens with one attached hydrogen (secondary N) is 1. The number of hydrogen-bond donors (Lipinski definition) is 2. The molecule has 1 amide bonds. The number of rotatable bonds is 4. The Hall–Kier alpha value is -2.50. The van der Waals surface area contributed by atoms with E-state index >= 15 is 0 Å². The molecule has 2 rings (SSSR count). The van der Waals surface area contributed by atoms with E-state index in [0.717, 1.165) is 10.9 Å². The number of nitrogen functional groups attached to an aromatic ring is 1. The molecule has 6 nitrogen and oxygen atoms in total. The highest BCUT2D eigenvalue weighted by atomic mass is 16.5. The number of amides is 1. The van der Waals surface area contributed by atoms with Crippen LogP contribution in [-0.4, -0.2) is 42.5 Å². The average molecular weight is 275 g/mol. The van der Waals surface area contributed by atoms with Gasteiger partial charge in [0.2, 0.25) is 0 Å². The van der Waals surface area contributed by atoms with Gasteiger partial charge in [-0.3, -0.25) is 9.59 Å². The quantitative estimate of drug-likeness (QED) is 0.652. The third-order valence-corrected chi connectivity index (χ3v) is 3.16. The number of aromatic nitrogens is 1. The highest BCUT2D eigenvalue weighted by molar-refractivity contribution is 6.07. The maximum absolute atomic E-state index is 12.3. The number of carbonyl (C=O) groups is 2. The third kappa shape index (κ3) is 2.74. The van der Waals surface area contributed by atoms with Crippen LogP contribution in [-0.2, 0) is 9.53 Å². The summed E-state index contributed by atoms with van der Waals surface area (Å²) < 4.78 is 4.56. The molecular formula is C14H17N3O3. The van der Waals surface area contributed by atoms with Gasteiger partial charge in [0, 0.05) is 36.4 Å². The number of anilines is 1. The van der Waals surface area contributed by atoms with Crippen LogP contribution in [0.1, 0.15) is 16.8 Å². The predicted octanol–water partition coefficient (Wildman–Crippen LogP) is 1.39. The van der Waals surface area contributed by atoms with Crippen LogP contribution < -0.4 is 5.73 Å². The minimum atomic E-state index is -0.337. The van der Waals surface area contributed by atoms with E-state index in [1.54, 1.807) is 25.4 Å². The molecule has 0 bridgehead atoms. The third-order valence-electron chi connectivity index (χ3n) is 3.16. The van der Waals surface area contributed by atoms with Crippen LogP contribution in [0, 0.1) is 0 Å². The van der Waals surface area contributed by atoms with E-state index in [0.29, 0.717) is 17.8 Å². The zero-order valence-electron chi connectivity index (χ0n) is 11.5. The summed E-state index contributed by atoms with van der Waals surface area (Å²) in [5.74, 6) is -0.485. The molecule has 1 aromatic heterocycles. The molecule has 2 aromatic rings. The average Bonchev–Trinajstić information content (AvgIpc) is 2.86. The summed E-state index contributed by atoms with van der Waals surface area (Å²) in [5, 5.41) is 0.814. The van der Waals surface area contributed by atoms with Gasteiger partial charge < -0.3 is 20.4 Å². The van der Waals surface area contributed by atoms with Gasteiger partial charge in [0.15, 0.2) is 0 Å². The van der Waals surface area contributed by atoms with E-state index in [2.05, 4.69) is 9.72 Å². The Labute approximate surface area is 116 Å². The fraction of sp³-hybridized carbons (Fsp3) is 0.286. The second-order valence-electron chi connectivity index (χ2n) is 4.56. The molecule has 0 saturated carbocycles. The molecule has 20 heavy (non-hydrogen) atoms. The number of fused-ring (bicyclic) bond motifs is 1. The summed E-state index contributed by atoms with van der Waals surface area (Å²) in [6, 6.07) is 5.34. The lowest BCUT2D eigenvalue weighted by Gasteiger charge is -2.15. The number of hydrogen-bond acceptors (Lipinski definition) is 4. The molecular weight excluding hydrogens is 258 g/mol. The molecule has 1 heterocycles. The van der Waals surface area contributed by atoms with Gasteiger partial charge in [-0.05, 0) is 18.2 Å². The maximum atomic E-state index is 12.3. The van der Waals surface area contributed by atoms with Crippen LogP contribution >= 0.6 is 0 Å². The molecule has 3 N–H and O–H groups in total. The van der Waals surface area contributed by atoms with Gasteiger partial charge >= 0.3 is 5.97 Å². The number of H-pyrrole nitrogens is 1. The van der Waals surface area contributed by atoms with Crippen molar-refractivity contribution < 1.29 is 14.3 Å². The van der Waals surface area contributed by atoms with Crippen molar-refractivity contribution >= 4 is 28.5 Å². The number of aromatic amines is 1. The van der Waals surface area contributed by atoms with E-state index < -0.39 is 0 Å². The fourth-order valence-corrected chi connectivity index (χ4v) is 1.99. The lowest BCUT2D eigenvalue weighted by Crippen LogP contribution is -2.29. The summed E-state index contributed by atoms with van der Waals surface area (Å²) >= 11 is 0. The highest BCUT2D eigenvalue weighted by Crippen LogP contribution is 2.21. The molecule has 0 unspecified atom stereocenters. The Kier molecular flexibility index (Phi) is 3.93. The van der Waals surface area contributed by atoms with E-state index in [1.165, 1.54) is 12.0 Å². The SMILES string of the molecule is COC(=O)CCN(C)C(=O)c1c[nH]c2cc(N)ccc12. The second kappa shape index (κ2) is 5.64. The van der Waals surface area contributed by atoms with Gasteiger partial charge in [-0.2, -0.15) is 0 Å². The van der Waals surface area contributed by atoms with Gasteiger partial charge in [-0.15, -0.1) is 0 Å². The zero-order valence-corrected chi connectivity index (χ0v) is 11.5. The van der Waals surface area contributed by atoms with E-state index in [1.807, 2.05) is 6.07 Å². The van der Waals surface area contributed by atoms with Crippen molar-refractivity contribution in [2.75, 3.05) is 26.4 Å². The predicted molar refractivity (Wildman–Crippen MR) is 76.3 cm³/mol. The van der Waals surface area contributed by atoms with Crippen molar-refractivity contribution in [3.05, 3.63) is 30.0 Å². The number of nitrogens with two attached hydrogens (primary N) is 1. The lowest BCUT2D eigenvalue weighted by molar-refractivity contribution is -0.140. The number of methoxy groups -OCH3 is 1. The smallest absolute Gasteiger partial charge is 0.307 e. The topological polar surface area (TPSA) is 88.4 Å². The molecule has 0 spiro atoms. The second-order valence-corrected chi connectivity index (χ2v) is 4.56. The minimum absolute atomic E-state index is 0.148. The number of ether oxygens (including phenoxy) is 1. The molecule has 0 atom stereocenters.